The van der Waals surface area contributed by atoms with Gasteiger partial charge in [-0.05, 0) is 30.4 Å². The van der Waals surface area contributed by atoms with Gasteiger partial charge in [-0.2, -0.15) is 0 Å². The first-order valence-corrected chi connectivity index (χ1v) is 7.60. The predicted molar refractivity (Wildman–Crippen MR) is 77.0 cm³/mol. The molecule has 0 aromatic heterocycles. The molecule has 21 heavy (non-hydrogen) atoms. The molecule has 1 aromatic rings. The number of carbonyl (C=O) groups is 2. The molecule has 1 fully saturated rings. The van der Waals surface area contributed by atoms with Crippen LogP contribution in [0.3, 0.4) is 0 Å². The number of cyclic esters (lactones) is 1. The Morgan fingerprint density at radius 1 is 1.19 bits per heavy atom. The summed E-state index contributed by atoms with van der Waals surface area (Å²) in [6.07, 6.45) is 5.11. The number of carbonyl (C=O) groups excluding carboxylic acids is 2. The van der Waals surface area contributed by atoms with Crippen molar-refractivity contribution in [3.63, 3.8) is 0 Å². The molecular formula is C17H20O4. The van der Waals surface area contributed by atoms with Gasteiger partial charge in [0.2, 0.25) is 0 Å². The van der Waals surface area contributed by atoms with Crippen LogP contribution in [0, 0.1) is 5.92 Å². The summed E-state index contributed by atoms with van der Waals surface area (Å²) in [5.41, 5.74) is 1.23. The van der Waals surface area contributed by atoms with Gasteiger partial charge < -0.3 is 9.47 Å². The standard InChI is InChI=1S/C17H20O4/c1-20-17(19)14-12-9-5-6-10-13(12)16(18)21-15(14)11-7-3-2-4-8-11/h5-6,9-11,14-15H,2-4,7-8H2,1H3. The Kier molecular flexibility index (Phi) is 3.95. The Morgan fingerprint density at radius 3 is 2.62 bits per heavy atom. The first-order valence-electron chi connectivity index (χ1n) is 7.60. The lowest BCUT2D eigenvalue weighted by Crippen LogP contribution is -2.42. The van der Waals surface area contributed by atoms with Gasteiger partial charge in [0, 0.05) is 0 Å². The van der Waals surface area contributed by atoms with Crippen LogP contribution < -0.4 is 0 Å². The fourth-order valence-electron chi connectivity index (χ4n) is 3.61. The molecule has 112 valence electrons. The Bertz CT molecular complexity index is 545. The van der Waals surface area contributed by atoms with Crippen molar-refractivity contribution in [1.29, 1.82) is 0 Å². The second-order valence-electron chi connectivity index (χ2n) is 5.86. The summed E-state index contributed by atoms with van der Waals surface area (Å²) >= 11 is 0. The number of methoxy groups -OCH3 is 1. The van der Waals surface area contributed by atoms with Crippen LogP contribution in [-0.2, 0) is 14.3 Å². The van der Waals surface area contributed by atoms with Crippen molar-refractivity contribution in [2.75, 3.05) is 7.11 Å². The third-order valence-corrected chi connectivity index (χ3v) is 4.66. The Hall–Kier alpha value is -1.84. The van der Waals surface area contributed by atoms with Crippen LogP contribution in [0.5, 0.6) is 0 Å². The maximum Gasteiger partial charge on any atom is 0.338 e. The normalized spacial score (nSPS) is 25.9. The van der Waals surface area contributed by atoms with E-state index in [4.69, 9.17) is 9.47 Å². The molecular weight excluding hydrogens is 268 g/mol. The van der Waals surface area contributed by atoms with Crippen molar-refractivity contribution in [3.05, 3.63) is 35.4 Å². The van der Waals surface area contributed by atoms with Crippen LogP contribution >= 0.6 is 0 Å². The molecule has 1 heterocycles. The number of hydrogen-bond acceptors (Lipinski definition) is 4. The van der Waals surface area contributed by atoms with Crippen molar-refractivity contribution >= 4 is 11.9 Å². The maximum absolute atomic E-state index is 12.3. The summed E-state index contributed by atoms with van der Waals surface area (Å²) in [6.45, 7) is 0. The number of ether oxygens (including phenoxy) is 2. The van der Waals surface area contributed by atoms with Crippen LogP contribution in [0.2, 0.25) is 0 Å². The topological polar surface area (TPSA) is 52.6 Å². The Labute approximate surface area is 124 Å². The van der Waals surface area contributed by atoms with Crippen LogP contribution in [0.1, 0.15) is 53.9 Å². The van der Waals surface area contributed by atoms with Crippen molar-refractivity contribution in [2.45, 2.75) is 44.1 Å². The second kappa shape index (κ2) is 5.88. The van der Waals surface area contributed by atoms with E-state index in [1.807, 2.05) is 12.1 Å². The molecule has 0 spiro atoms. The first kappa shape index (κ1) is 14.1. The molecule has 0 saturated heterocycles. The Balaban J connectivity index is 1.99. The number of esters is 2. The molecule has 1 saturated carbocycles. The highest BCUT2D eigenvalue weighted by Crippen LogP contribution is 2.40. The molecule has 2 aliphatic rings. The maximum atomic E-state index is 12.3. The zero-order valence-electron chi connectivity index (χ0n) is 12.2. The van der Waals surface area contributed by atoms with Gasteiger partial charge in [-0.15, -0.1) is 0 Å². The van der Waals surface area contributed by atoms with Gasteiger partial charge in [0.05, 0.1) is 12.7 Å². The molecule has 4 heteroatoms. The predicted octanol–water partition coefficient (Wildman–Crippen LogP) is 3.06. The summed E-state index contributed by atoms with van der Waals surface area (Å²) in [4.78, 5) is 24.5. The summed E-state index contributed by atoms with van der Waals surface area (Å²) in [5, 5.41) is 0. The lowest BCUT2D eigenvalue weighted by atomic mass is 9.76. The second-order valence-corrected chi connectivity index (χ2v) is 5.86. The van der Waals surface area contributed by atoms with E-state index in [0.29, 0.717) is 5.56 Å². The SMILES string of the molecule is COC(=O)C1c2ccccc2C(=O)OC1C1CCCCC1. The molecule has 3 rings (SSSR count). The number of rotatable bonds is 2. The number of fused-ring (bicyclic) bond motifs is 1. The molecule has 1 aliphatic heterocycles. The van der Waals surface area contributed by atoms with Crippen LogP contribution in [0.15, 0.2) is 24.3 Å². The molecule has 0 bridgehead atoms. The lowest BCUT2D eigenvalue weighted by Gasteiger charge is -2.37. The van der Waals surface area contributed by atoms with Gasteiger partial charge in [0.25, 0.3) is 0 Å². The van der Waals surface area contributed by atoms with Crippen molar-refractivity contribution in [2.24, 2.45) is 5.92 Å². The van der Waals surface area contributed by atoms with E-state index < -0.39 is 5.92 Å². The highest BCUT2D eigenvalue weighted by molar-refractivity contribution is 5.96. The molecule has 1 aliphatic carbocycles. The smallest absolute Gasteiger partial charge is 0.338 e. The summed E-state index contributed by atoms with van der Waals surface area (Å²) in [6, 6.07) is 7.19. The average Bonchev–Trinajstić information content (AvgIpc) is 2.55. The van der Waals surface area contributed by atoms with E-state index in [1.165, 1.54) is 13.5 Å². The van der Waals surface area contributed by atoms with E-state index in [2.05, 4.69) is 0 Å². The minimum atomic E-state index is -0.494. The van der Waals surface area contributed by atoms with Gasteiger partial charge in [-0.25, -0.2) is 4.79 Å². The van der Waals surface area contributed by atoms with Crippen molar-refractivity contribution < 1.29 is 19.1 Å². The lowest BCUT2D eigenvalue weighted by molar-refractivity contribution is -0.147. The third-order valence-electron chi connectivity index (χ3n) is 4.66. The molecule has 1 aromatic carbocycles. The number of benzene rings is 1. The van der Waals surface area contributed by atoms with Crippen molar-refractivity contribution in [1.82, 2.24) is 0 Å². The third kappa shape index (κ3) is 2.55. The van der Waals surface area contributed by atoms with Gasteiger partial charge in [0.15, 0.2) is 0 Å². The number of hydrogen-bond donors (Lipinski definition) is 0. The highest BCUT2D eigenvalue weighted by atomic mass is 16.6. The largest absolute Gasteiger partial charge is 0.468 e. The quantitative estimate of drug-likeness (QED) is 0.785. The minimum absolute atomic E-state index is 0.250. The first-order chi connectivity index (χ1) is 10.2. The molecule has 4 nitrogen and oxygen atoms in total. The monoisotopic (exact) mass is 288 g/mol. The van der Waals surface area contributed by atoms with Gasteiger partial charge in [-0.3, -0.25) is 4.79 Å². The minimum Gasteiger partial charge on any atom is -0.468 e. The zero-order chi connectivity index (χ0) is 14.8. The highest BCUT2D eigenvalue weighted by Gasteiger charge is 2.44. The molecule has 0 amide bonds. The van der Waals surface area contributed by atoms with Gasteiger partial charge >= 0.3 is 11.9 Å². The molecule has 0 N–H and O–H groups in total. The van der Waals surface area contributed by atoms with Crippen LogP contribution in [0.4, 0.5) is 0 Å². The molecule has 2 atom stereocenters. The van der Waals surface area contributed by atoms with E-state index >= 15 is 0 Å². The van der Waals surface area contributed by atoms with Crippen LogP contribution in [0.25, 0.3) is 0 Å². The fraction of sp³-hybridized carbons (Fsp3) is 0.529. The zero-order valence-corrected chi connectivity index (χ0v) is 12.2. The van der Waals surface area contributed by atoms with Gasteiger partial charge in [-0.1, -0.05) is 37.5 Å². The summed E-state index contributed by atoms with van der Waals surface area (Å²) in [7, 11) is 1.39. The van der Waals surface area contributed by atoms with E-state index in [-0.39, 0.29) is 24.0 Å². The van der Waals surface area contributed by atoms with E-state index in [9.17, 15) is 9.59 Å². The van der Waals surface area contributed by atoms with E-state index in [1.54, 1.807) is 12.1 Å². The molecule has 0 radical (unpaired) electrons. The summed E-state index contributed by atoms with van der Waals surface area (Å²) < 4.78 is 10.6. The fourth-order valence-corrected chi connectivity index (χ4v) is 3.61. The molecule has 2 unspecified atom stereocenters. The Morgan fingerprint density at radius 2 is 1.90 bits per heavy atom. The van der Waals surface area contributed by atoms with Gasteiger partial charge in [0.1, 0.15) is 12.0 Å². The van der Waals surface area contributed by atoms with Crippen LogP contribution in [-0.4, -0.2) is 25.2 Å². The summed E-state index contributed by atoms with van der Waals surface area (Å²) in [5.74, 6) is -0.876. The average molecular weight is 288 g/mol. The van der Waals surface area contributed by atoms with Crippen molar-refractivity contribution in [3.8, 4) is 0 Å². The van der Waals surface area contributed by atoms with E-state index in [0.717, 1.165) is 31.2 Å².